The molecule has 0 spiro atoms. The van der Waals surface area contributed by atoms with Crippen molar-refractivity contribution in [2.75, 3.05) is 26.2 Å². The minimum Gasteiger partial charge on any atom is -0.395 e. The summed E-state index contributed by atoms with van der Waals surface area (Å²) in [6.07, 6.45) is 0.369. The van der Waals surface area contributed by atoms with Crippen molar-refractivity contribution in [2.45, 2.75) is 13.3 Å². The number of ketones is 1. The van der Waals surface area contributed by atoms with E-state index < -0.39 is 0 Å². The Balaban J connectivity index is 2.62. The topological polar surface area (TPSA) is 40.5 Å². The van der Waals surface area contributed by atoms with E-state index in [9.17, 15) is 4.79 Å². The summed E-state index contributed by atoms with van der Waals surface area (Å²) in [6.45, 7) is 4.08. The second-order valence-electron chi connectivity index (χ2n) is 3.93. The molecule has 0 unspecified atom stereocenters. The van der Waals surface area contributed by atoms with Crippen LogP contribution in [0, 0.1) is 0 Å². The van der Waals surface area contributed by atoms with Gasteiger partial charge in [0.05, 0.1) is 16.7 Å². The van der Waals surface area contributed by atoms with Crippen molar-refractivity contribution in [3.63, 3.8) is 0 Å². The van der Waals surface area contributed by atoms with Gasteiger partial charge in [-0.2, -0.15) is 0 Å². The third-order valence-electron chi connectivity index (χ3n) is 2.77. The molecule has 0 aliphatic heterocycles. The van der Waals surface area contributed by atoms with Crippen LogP contribution in [0.4, 0.5) is 0 Å². The summed E-state index contributed by atoms with van der Waals surface area (Å²) in [5.41, 5.74) is 0.462. The van der Waals surface area contributed by atoms with Gasteiger partial charge in [-0.3, -0.25) is 4.79 Å². The summed E-state index contributed by atoms with van der Waals surface area (Å²) < 4.78 is 0. The number of halogens is 2. The number of Topliss-reactive ketones (excluding diaryl/α,β-unsaturated/α-hetero) is 1. The maximum atomic E-state index is 12.0. The second kappa shape index (κ2) is 7.74. The van der Waals surface area contributed by atoms with E-state index in [-0.39, 0.29) is 12.4 Å². The SMILES string of the molecule is CCN(CCO)CCC(=O)c1cccc(Cl)c1Cl. The highest BCUT2D eigenvalue weighted by molar-refractivity contribution is 6.43. The van der Waals surface area contributed by atoms with Gasteiger partial charge in [-0.25, -0.2) is 0 Å². The molecule has 0 amide bonds. The van der Waals surface area contributed by atoms with Gasteiger partial charge in [-0.15, -0.1) is 0 Å². The highest BCUT2D eigenvalue weighted by Crippen LogP contribution is 2.26. The number of hydrogen-bond donors (Lipinski definition) is 1. The molecule has 1 rings (SSSR count). The summed E-state index contributed by atoms with van der Waals surface area (Å²) in [4.78, 5) is 14.0. The van der Waals surface area contributed by atoms with Crippen LogP contribution in [0.2, 0.25) is 10.0 Å². The molecule has 5 heteroatoms. The summed E-state index contributed by atoms with van der Waals surface area (Å²) in [5, 5.41) is 9.57. The molecule has 1 aromatic rings. The highest BCUT2D eigenvalue weighted by Gasteiger charge is 2.13. The Morgan fingerprint density at radius 2 is 2.06 bits per heavy atom. The number of carbonyl (C=O) groups excluding carboxylic acids is 1. The van der Waals surface area contributed by atoms with Gasteiger partial charge in [0, 0.05) is 25.1 Å². The lowest BCUT2D eigenvalue weighted by Gasteiger charge is -2.18. The zero-order valence-corrected chi connectivity index (χ0v) is 11.8. The lowest BCUT2D eigenvalue weighted by molar-refractivity contribution is 0.0959. The Labute approximate surface area is 117 Å². The Kier molecular flexibility index (Phi) is 6.65. The molecular formula is C13H17Cl2NO2. The van der Waals surface area contributed by atoms with E-state index >= 15 is 0 Å². The molecule has 3 nitrogen and oxygen atoms in total. The van der Waals surface area contributed by atoms with Gasteiger partial charge in [0.25, 0.3) is 0 Å². The number of aliphatic hydroxyl groups is 1. The predicted octanol–water partition coefficient (Wildman–Crippen LogP) is 2.88. The van der Waals surface area contributed by atoms with Crippen LogP contribution in [0.25, 0.3) is 0 Å². The summed E-state index contributed by atoms with van der Waals surface area (Å²) in [6, 6.07) is 5.05. The van der Waals surface area contributed by atoms with Crippen LogP contribution in [0.1, 0.15) is 23.7 Å². The number of rotatable bonds is 7. The molecular weight excluding hydrogens is 273 g/mol. The molecule has 0 bridgehead atoms. The fraction of sp³-hybridized carbons (Fsp3) is 0.462. The molecule has 0 radical (unpaired) electrons. The zero-order valence-electron chi connectivity index (χ0n) is 10.3. The molecule has 0 aromatic heterocycles. The largest absolute Gasteiger partial charge is 0.395 e. The number of hydrogen-bond acceptors (Lipinski definition) is 3. The molecule has 0 aliphatic rings. The third-order valence-corrected chi connectivity index (χ3v) is 3.59. The van der Waals surface area contributed by atoms with Crippen LogP contribution < -0.4 is 0 Å². The number of benzene rings is 1. The first-order valence-electron chi connectivity index (χ1n) is 5.90. The standard InChI is InChI=1S/C13H17Cl2NO2/c1-2-16(8-9-17)7-6-12(18)10-4-3-5-11(14)13(10)15/h3-5,17H,2,6-9H2,1H3. The average Bonchev–Trinajstić information content (AvgIpc) is 2.37. The molecule has 0 saturated heterocycles. The lowest BCUT2D eigenvalue weighted by atomic mass is 10.1. The maximum Gasteiger partial charge on any atom is 0.165 e. The first-order chi connectivity index (χ1) is 8.60. The minimum absolute atomic E-state index is 0.0288. The summed E-state index contributed by atoms with van der Waals surface area (Å²) in [7, 11) is 0. The number of likely N-dealkylation sites (N-methyl/N-ethyl adjacent to an activating group) is 1. The van der Waals surface area contributed by atoms with Crippen LogP contribution in [0.15, 0.2) is 18.2 Å². The minimum atomic E-state index is -0.0288. The van der Waals surface area contributed by atoms with Crippen molar-refractivity contribution in [1.29, 1.82) is 0 Å². The Hall–Kier alpha value is -0.610. The van der Waals surface area contributed by atoms with E-state index in [1.165, 1.54) is 0 Å². The maximum absolute atomic E-state index is 12.0. The fourth-order valence-corrected chi connectivity index (χ4v) is 2.09. The smallest absolute Gasteiger partial charge is 0.165 e. The summed E-state index contributed by atoms with van der Waals surface area (Å²) in [5.74, 6) is -0.0288. The van der Waals surface area contributed by atoms with Crippen molar-refractivity contribution < 1.29 is 9.90 Å². The van der Waals surface area contributed by atoms with Gasteiger partial charge < -0.3 is 10.0 Å². The van der Waals surface area contributed by atoms with E-state index in [4.69, 9.17) is 28.3 Å². The van der Waals surface area contributed by atoms with Gasteiger partial charge in [0.2, 0.25) is 0 Å². The van der Waals surface area contributed by atoms with Gasteiger partial charge in [0.15, 0.2) is 5.78 Å². The van der Waals surface area contributed by atoms with E-state index in [0.29, 0.717) is 35.1 Å². The quantitative estimate of drug-likeness (QED) is 0.785. The molecule has 0 saturated carbocycles. The van der Waals surface area contributed by atoms with Gasteiger partial charge in [0.1, 0.15) is 0 Å². The molecule has 0 heterocycles. The zero-order chi connectivity index (χ0) is 13.5. The third kappa shape index (κ3) is 4.25. The summed E-state index contributed by atoms with van der Waals surface area (Å²) >= 11 is 11.9. The molecule has 100 valence electrons. The van der Waals surface area contributed by atoms with Crippen molar-refractivity contribution in [3.05, 3.63) is 33.8 Å². The lowest BCUT2D eigenvalue weighted by Crippen LogP contribution is -2.29. The first kappa shape index (κ1) is 15.4. The fourth-order valence-electron chi connectivity index (χ4n) is 1.68. The van der Waals surface area contributed by atoms with Crippen molar-refractivity contribution >= 4 is 29.0 Å². The number of nitrogens with zero attached hydrogens (tertiary/aromatic N) is 1. The van der Waals surface area contributed by atoms with Crippen LogP contribution in [-0.4, -0.2) is 42.0 Å². The molecule has 0 atom stereocenters. The van der Waals surface area contributed by atoms with Gasteiger partial charge >= 0.3 is 0 Å². The second-order valence-corrected chi connectivity index (χ2v) is 4.72. The van der Waals surface area contributed by atoms with Crippen LogP contribution in [0.3, 0.4) is 0 Å². The highest BCUT2D eigenvalue weighted by atomic mass is 35.5. The van der Waals surface area contributed by atoms with Crippen LogP contribution in [-0.2, 0) is 0 Å². The molecule has 1 N–H and O–H groups in total. The molecule has 18 heavy (non-hydrogen) atoms. The van der Waals surface area contributed by atoms with E-state index in [2.05, 4.69) is 0 Å². The van der Waals surface area contributed by atoms with Crippen LogP contribution in [0.5, 0.6) is 0 Å². The van der Waals surface area contributed by atoms with E-state index in [1.807, 2.05) is 11.8 Å². The van der Waals surface area contributed by atoms with E-state index in [1.54, 1.807) is 18.2 Å². The van der Waals surface area contributed by atoms with Crippen LogP contribution >= 0.6 is 23.2 Å². The first-order valence-corrected chi connectivity index (χ1v) is 6.66. The Bertz CT molecular complexity index is 410. The van der Waals surface area contributed by atoms with Gasteiger partial charge in [-0.05, 0) is 18.7 Å². The number of aliphatic hydroxyl groups excluding tert-OH is 1. The molecule has 0 fully saturated rings. The predicted molar refractivity (Wildman–Crippen MR) is 74.6 cm³/mol. The molecule has 1 aromatic carbocycles. The van der Waals surface area contributed by atoms with Crippen molar-refractivity contribution in [2.24, 2.45) is 0 Å². The van der Waals surface area contributed by atoms with E-state index in [0.717, 1.165) is 6.54 Å². The Morgan fingerprint density at radius 3 is 2.67 bits per heavy atom. The number of carbonyl (C=O) groups is 1. The van der Waals surface area contributed by atoms with Crippen molar-refractivity contribution in [3.8, 4) is 0 Å². The van der Waals surface area contributed by atoms with Gasteiger partial charge in [-0.1, -0.05) is 36.2 Å². The normalized spacial score (nSPS) is 10.9. The van der Waals surface area contributed by atoms with Crippen molar-refractivity contribution in [1.82, 2.24) is 4.90 Å². The monoisotopic (exact) mass is 289 g/mol. The average molecular weight is 290 g/mol. The molecule has 0 aliphatic carbocycles. The Morgan fingerprint density at radius 1 is 1.33 bits per heavy atom.